The van der Waals surface area contributed by atoms with Gasteiger partial charge in [-0.25, -0.2) is 17.6 Å². The molecule has 0 saturated heterocycles. The first-order valence-electron chi connectivity index (χ1n) is 6.46. The van der Waals surface area contributed by atoms with E-state index in [2.05, 4.69) is 0 Å². The molecule has 0 amide bonds. The van der Waals surface area contributed by atoms with E-state index in [9.17, 15) is 18.0 Å². The van der Waals surface area contributed by atoms with Gasteiger partial charge in [0, 0.05) is 5.56 Å². The average Bonchev–Trinajstić information content (AvgIpc) is 2.84. The number of aromatic nitrogens is 2. The van der Waals surface area contributed by atoms with Crippen LogP contribution in [-0.4, -0.2) is 28.8 Å². The van der Waals surface area contributed by atoms with E-state index in [1.54, 1.807) is 33.4 Å². The Morgan fingerprint density at radius 3 is 2.08 bits per heavy atom. The van der Waals surface area contributed by atoms with Gasteiger partial charge in [-0.3, -0.25) is 4.79 Å². The van der Waals surface area contributed by atoms with Gasteiger partial charge in [-0.05, 0) is 24.3 Å². The van der Waals surface area contributed by atoms with Gasteiger partial charge in [0.15, 0.2) is 10.1 Å². The van der Waals surface area contributed by atoms with Crippen LogP contribution in [0.15, 0.2) is 36.7 Å². The van der Waals surface area contributed by atoms with Crippen molar-refractivity contribution in [2.45, 2.75) is 5.51 Å². The molecule has 1 aromatic carbocycles. The van der Waals surface area contributed by atoms with E-state index in [-0.39, 0.29) is 5.78 Å². The summed E-state index contributed by atoms with van der Waals surface area (Å²) in [6, 6.07) is 8.68. The fraction of sp³-hybridized carbons (Fsp3) is 0.214. The Kier molecular flexibility index (Phi) is 6.06. The smallest absolute Gasteiger partial charge is 0.485 e. The van der Waals surface area contributed by atoms with Gasteiger partial charge >= 0.3 is 11.3 Å². The number of aryl methyl sites for hydroxylation is 2. The molecule has 0 atom stereocenters. The summed E-state index contributed by atoms with van der Waals surface area (Å²) in [5.41, 5.74) is -4.51. The Morgan fingerprint density at radius 1 is 1.28 bits per heavy atom. The van der Waals surface area contributed by atoms with Gasteiger partial charge in [-0.1, -0.05) is 0 Å². The molecule has 0 aliphatic carbocycles. The maximum atomic E-state index is 12.2. The van der Waals surface area contributed by atoms with E-state index in [1.807, 2.05) is 32.6 Å². The SMILES string of the molecule is Cn1cc[n+](C)c1C(=O)c1ccc(C#N)cc1.O=S(=O)([O-])C(F)(F)F. The zero-order chi connectivity index (χ0) is 19.4. The second-order valence-electron chi connectivity index (χ2n) is 4.76. The Morgan fingerprint density at radius 2 is 1.76 bits per heavy atom. The maximum Gasteiger partial charge on any atom is 0.485 e. The fourth-order valence-electron chi connectivity index (χ4n) is 1.74. The van der Waals surface area contributed by atoms with E-state index in [0.29, 0.717) is 17.0 Å². The molecule has 0 saturated carbocycles. The first-order chi connectivity index (χ1) is 11.4. The van der Waals surface area contributed by atoms with Crippen LogP contribution in [0, 0.1) is 11.3 Å². The normalized spacial score (nSPS) is 11.2. The van der Waals surface area contributed by atoms with Gasteiger partial charge in [0.2, 0.25) is 0 Å². The van der Waals surface area contributed by atoms with Crippen molar-refractivity contribution in [3.05, 3.63) is 53.6 Å². The molecule has 11 heteroatoms. The first kappa shape index (κ1) is 20.3. The summed E-state index contributed by atoms with van der Waals surface area (Å²) in [5, 5.41) is 8.70. The van der Waals surface area contributed by atoms with E-state index in [1.165, 1.54) is 0 Å². The van der Waals surface area contributed by atoms with Crippen LogP contribution >= 0.6 is 0 Å². The molecule has 1 aromatic heterocycles. The zero-order valence-corrected chi connectivity index (χ0v) is 13.8. The lowest BCUT2D eigenvalue weighted by Gasteiger charge is -2.08. The molecule has 0 N–H and O–H groups in total. The molecule has 2 aromatic rings. The highest BCUT2D eigenvalue weighted by Gasteiger charge is 2.36. The molecule has 0 aliphatic heterocycles. The number of hydrogen-bond donors (Lipinski definition) is 0. The van der Waals surface area contributed by atoms with E-state index in [4.69, 9.17) is 18.2 Å². The molecule has 0 radical (unpaired) electrons. The van der Waals surface area contributed by atoms with Crippen LogP contribution < -0.4 is 4.57 Å². The molecule has 0 unspecified atom stereocenters. The third-order valence-electron chi connectivity index (χ3n) is 2.94. The Hall–Kier alpha value is -2.71. The van der Waals surface area contributed by atoms with Gasteiger partial charge in [0.1, 0.15) is 12.4 Å². The lowest BCUT2D eigenvalue weighted by atomic mass is 10.1. The first-order valence-corrected chi connectivity index (χ1v) is 7.87. The molecular formula is C14H12F3N3O4S. The van der Waals surface area contributed by atoms with Gasteiger partial charge in [0.25, 0.3) is 5.78 Å². The summed E-state index contributed by atoms with van der Waals surface area (Å²) in [6.45, 7) is 0. The van der Waals surface area contributed by atoms with Crippen LogP contribution in [0.3, 0.4) is 0 Å². The predicted octanol–water partition coefficient (Wildman–Crippen LogP) is 1.00. The third kappa shape index (κ3) is 5.13. The number of carbonyl (C=O) groups excluding carboxylic acids is 1. The Bertz CT molecular complexity index is 891. The van der Waals surface area contributed by atoms with Crippen LogP contribution in [0.25, 0.3) is 0 Å². The van der Waals surface area contributed by atoms with Crippen molar-refractivity contribution >= 4 is 15.9 Å². The van der Waals surface area contributed by atoms with Gasteiger partial charge in [0.05, 0.1) is 25.7 Å². The highest BCUT2D eigenvalue weighted by Crippen LogP contribution is 2.20. The molecule has 2 rings (SSSR count). The fourth-order valence-corrected chi connectivity index (χ4v) is 1.74. The minimum absolute atomic E-state index is 0.0514. The van der Waals surface area contributed by atoms with Crippen molar-refractivity contribution in [1.29, 1.82) is 5.26 Å². The number of hydrogen-bond acceptors (Lipinski definition) is 5. The third-order valence-corrected chi connectivity index (χ3v) is 3.51. The van der Waals surface area contributed by atoms with Crippen molar-refractivity contribution in [1.82, 2.24) is 4.57 Å². The predicted molar refractivity (Wildman–Crippen MR) is 76.9 cm³/mol. The number of ketones is 1. The summed E-state index contributed by atoms with van der Waals surface area (Å²) in [5.74, 6) is 0.555. The summed E-state index contributed by atoms with van der Waals surface area (Å²) in [4.78, 5) is 12.2. The lowest BCUT2D eigenvalue weighted by molar-refractivity contribution is -0.672. The number of halogens is 3. The van der Waals surface area contributed by atoms with Crippen molar-refractivity contribution in [2.24, 2.45) is 14.1 Å². The molecular weight excluding hydrogens is 363 g/mol. The van der Waals surface area contributed by atoms with E-state index >= 15 is 0 Å². The number of rotatable bonds is 2. The van der Waals surface area contributed by atoms with Gasteiger partial charge < -0.3 is 4.55 Å². The number of alkyl halides is 3. The number of imidazole rings is 1. The van der Waals surface area contributed by atoms with Gasteiger partial charge in [-0.15, -0.1) is 0 Å². The highest BCUT2D eigenvalue weighted by atomic mass is 32.2. The molecule has 25 heavy (non-hydrogen) atoms. The number of carbonyl (C=O) groups is 1. The summed E-state index contributed by atoms with van der Waals surface area (Å²) < 4.78 is 62.5. The highest BCUT2D eigenvalue weighted by molar-refractivity contribution is 7.86. The monoisotopic (exact) mass is 375 g/mol. The zero-order valence-electron chi connectivity index (χ0n) is 13.0. The maximum absolute atomic E-state index is 12.2. The van der Waals surface area contributed by atoms with Crippen LogP contribution in [0.2, 0.25) is 0 Å². The molecule has 0 fully saturated rings. The minimum atomic E-state index is -6.09. The quantitative estimate of drug-likeness (QED) is 0.337. The Labute approximate surface area is 141 Å². The summed E-state index contributed by atoms with van der Waals surface area (Å²) in [6.07, 6.45) is 3.66. The topological polar surface area (TPSA) is 107 Å². The largest absolute Gasteiger partial charge is 0.741 e. The molecule has 134 valence electrons. The van der Waals surface area contributed by atoms with Gasteiger partial charge in [-0.2, -0.15) is 18.4 Å². The van der Waals surface area contributed by atoms with E-state index < -0.39 is 15.6 Å². The molecule has 1 heterocycles. The molecule has 0 spiro atoms. The standard InChI is InChI=1S/C13H12N3O.CHF3O3S/c1-15-7-8-16(2)13(15)12(17)11-5-3-10(9-14)4-6-11;2-1(3,4)8(5,6)7/h3-8H,1-2H3;(H,5,6,7)/q+1;/p-1. The van der Waals surface area contributed by atoms with Crippen molar-refractivity contribution in [3.8, 4) is 6.07 Å². The van der Waals surface area contributed by atoms with Crippen LogP contribution in [0.5, 0.6) is 0 Å². The van der Waals surface area contributed by atoms with Crippen molar-refractivity contribution in [2.75, 3.05) is 0 Å². The van der Waals surface area contributed by atoms with Crippen LogP contribution in [0.4, 0.5) is 13.2 Å². The second kappa shape index (κ2) is 7.45. The number of nitrogens with zero attached hydrogens (tertiary/aromatic N) is 3. The summed E-state index contributed by atoms with van der Waals surface area (Å²) in [7, 11) is -2.43. The Balaban J connectivity index is 0.000000333. The molecule has 0 aliphatic rings. The number of nitriles is 1. The van der Waals surface area contributed by atoms with E-state index in [0.717, 1.165) is 0 Å². The summed E-state index contributed by atoms with van der Waals surface area (Å²) >= 11 is 0. The minimum Gasteiger partial charge on any atom is -0.741 e. The second-order valence-corrected chi connectivity index (χ2v) is 6.13. The van der Waals surface area contributed by atoms with Crippen molar-refractivity contribution in [3.63, 3.8) is 0 Å². The van der Waals surface area contributed by atoms with Crippen LogP contribution in [0.1, 0.15) is 21.7 Å². The molecule has 7 nitrogen and oxygen atoms in total. The number of benzene rings is 1. The molecule has 0 bridgehead atoms. The lowest BCUT2D eigenvalue weighted by Crippen LogP contribution is -2.35. The average molecular weight is 375 g/mol. The van der Waals surface area contributed by atoms with Crippen molar-refractivity contribution < 1.29 is 35.5 Å². The van der Waals surface area contributed by atoms with Crippen LogP contribution in [-0.2, 0) is 24.2 Å².